The second-order valence-electron chi connectivity index (χ2n) is 5.22. The van der Waals surface area contributed by atoms with Gasteiger partial charge in [0.2, 0.25) is 0 Å². The maximum Gasteiger partial charge on any atom is 0.328 e. The number of hydrogen-bond donors (Lipinski definition) is 1. The topological polar surface area (TPSA) is 76.0 Å². The summed E-state index contributed by atoms with van der Waals surface area (Å²) >= 11 is 0. The number of carboxylic acids is 1. The summed E-state index contributed by atoms with van der Waals surface area (Å²) in [6.07, 6.45) is 10.6. The molecule has 120 valence electrons. The first kappa shape index (κ1) is 17.9. The molecule has 5 heteroatoms. The Kier molecular flexibility index (Phi) is 8.57. The van der Waals surface area contributed by atoms with Crippen LogP contribution in [0.15, 0.2) is 29.6 Å². The molecule has 1 aromatic carbocycles. The van der Waals surface area contributed by atoms with E-state index in [9.17, 15) is 9.70 Å². The second kappa shape index (κ2) is 10.5. The summed E-state index contributed by atoms with van der Waals surface area (Å²) in [6.45, 7) is 2.19. The largest absolute Gasteiger partial charge is 0.478 e. The molecular weight excluding hydrogens is 282 g/mol. The molecule has 0 aliphatic rings. The van der Waals surface area contributed by atoms with Crippen molar-refractivity contribution in [3.8, 4) is 5.75 Å². The fourth-order valence-corrected chi connectivity index (χ4v) is 2.32. The van der Waals surface area contributed by atoms with Gasteiger partial charge in [0.1, 0.15) is 0 Å². The van der Waals surface area contributed by atoms with Crippen molar-refractivity contribution in [1.82, 2.24) is 0 Å². The summed E-state index contributed by atoms with van der Waals surface area (Å²) in [4.78, 5) is 25.4. The molecule has 1 aromatic rings. The summed E-state index contributed by atoms with van der Waals surface area (Å²) in [6, 6.07) is 5.09. The molecule has 0 aliphatic heterocycles. The van der Waals surface area contributed by atoms with Crippen molar-refractivity contribution in [2.24, 2.45) is 5.34 Å². The van der Waals surface area contributed by atoms with E-state index in [1.807, 2.05) is 0 Å². The molecule has 0 bridgehead atoms. The zero-order valence-electron chi connectivity index (χ0n) is 13.0. The molecule has 0 radical (unpaired) electrons. The maximum absolute atomic E-state index is 10.6. The Hall–Kier alpha value is -2.17. The number of rotatable bonds is 11. The first-order chi connectivity index (χ1) is 10.7. The molecule has 0 aromatic heterocycles. The smallest absolute Gasteiger partial charge is 0.328 e. The lowest BCUT2D eigenvalue weighted by molar-refractivity contribution is -0.131. The number of unbranched alkanes of at least 4 members (excludes halogenated alkanes) is 5. The first-order valence-electron chi connectivity index (χ1n) is 7.71. The number of carboxylic acid groups (broad SMARTS) is 1. The fourth-order valence-electron chi connectivity index (χ4n) is 2.32. The minimum Gasteiger partial charge on any atom is -0.478 e. The van der Waals surface area contributed by atoms with Gasteiger partial charge in [0.25, 0.3) is 0 Å². The fraction of sp³-hybridized carbons (Fsp3) is 0.471. The molecule has 1 rings (SSSR count). The minimum absolute atomic E-state index is 0.378. The van der Waals surface area contributed by atoms with Crippen LogP contribution in [0.5, 0.6) is 5.75 Å². The van der Waals surface area contributed by atoms with E-state index in [-0.39, 0.29) is 0 Å². The van der Waals surface area contributed by atoms with Crippen molar-refractivity contribution in [2.75, 3.05) is 0 Å². The first-order valence-corrected chi connectivity index (χ1v) is 7.71. The summed E-state index contributed by atoms with van der Waals surface area (Å²) < 4.78 is 0. The summed E-state index contributed by atoms with van der Waals surface area (Å²) in [7, 11) is 0. The Morgan fingerprint density at radius 2 is 1.95 bits per heavy atom. The van der Waals surface area contributed by atoms with Gasteiger partial charge in [-0.1, -0.05) is 45.1 Å². The van der Waals surface area contributed by atoms with Crippen LogP contribution >= 0.6 is 0 Å². The van der Waals surface area contributed by atoms with Crippen molar-refractivity contribution < 1.29 is 14.7 Å². The lowest BCUT2D eigenvalue weighted by Crippen LogP contribution is -1.94. The number of aryl methyl sites for hydroxylation is 1. The summed E-state index contributed by atoms with van der Waals surface area (Å²) in [5, 5.41) is 11.2. The Balaban J connectivity index is 2.67. The normalized spacial score (nSPS) is 10.8. The molecule has 0 spiro atoms. The van der Waals surface area contributed by atoms with Crippen LogP contribution in [0.3, 0.4) is 0 Å². The van der Waals surface area contributed by atoms with Gasteiger partial charge in [-0.3, -0.25) is 0 Å². The third kappa shape index (κ3) is 7.02. The van der Waals surface area contributed by atoms with E-state index < -0.39 is 5.97 Å². The SMILES string of the molecule is CCCCCCCCc1cc(ON=O)ccc1/C=C/C(=O)O. The second-order valence-corrected chi connectivity index (χ2v) is 5.22. The van der Waals surface area contributed by atoms with Crippen molar-refractivity contribution in [2.45, 2.75) is 51.9 Å². The van der Waals surface area contributed by atoms with Gasteiger partial charge in [-0.25, -0.2) is 4.79 Å². The van der Waals surface area contributed by atoms with Gasteiger partial charge < -0.3 is 9.94 Å². The molecular formula is C17H23NO4. The van der Waals surface area contributed by atoms with Crippen LogP contribution in [0.2, 0.25) is 0 Å². The zero-order chi connectivity index (χ0) is 16.2. The van der Waals surface area contributed by atoms with Crippen LogP contribution in [-0.4, -0.2) is 11.1 Å². The van der Waals surface area contributed by atoms with E-state index in [0.717, 1.165) is 36.5 Å². The van der Waals surface area contributed by atoms with Crippen molar-refractivity contribution in [1.29, 1.82) is 0 Å². The highest BCUT2D eigenvalue weighted by atomic mass is 16.7. The van der Waals surface area contributed by atoms with Crippen LogP contribution in [-0.2, 0) is 11.2 Å². The number of carbonyl (C=O) groups is 1. The lowest BCUT2D eigenvalue weighted by Gasteiger charge is -2.08. The highest BCUT2D eigenvalue weighted by Crippen LogP contribution is 2.22. The molecule has 0 saturated heterocycles. The Morgan fingerprint density at radius 3 is 2.64 bits per heavy atom. The van der Waals surface area contributed by atoms with Crippen molar-refractivity contribution >= 4 is 12.0 Å². The molecule has 0 unspecified atom stereocenters. The van der Waals surface area contributed by atoms with E-state index in [2.05, 4.69) is 17.1 Å². The van der Waals surface area contributed by atoms with Crippen LogP contribution in [0, 0.1) is 4.91 Å². The lowest BCUT2D eigenvalue weighted by atomic mass is 9.99. The molecule has 22 heavy (non-hydrogen) atoms. The van der Waals surface area contributed by atoms with Gasteiger partial charge in [-0.05, 0) is 42.2 Å². The zero-order valence-corrected chi connectivity index (χ0v) is 13.0. The van der Waals surface area contributed by atoms with Gasteiger partial charge in [0.15, 0.2) is 11.1 Å². The third-order valence-electron chi connectivity index (χ3n) is 3.46. The van der Waals surface area contributed by atoms with Gasteiger partial charge in [-0.2, -0.15) is 0 Å². The average Bonchev–Trinajstić information content (AvgIpc) is 2.50. The van der Waals surface area contributed by atoms with E-state index in [1.54, 1.807) is 24.3 Å². The summed E-state index contributed by atoms with van der Waals surface area (Å²) in [5.41, 5.74) is 1.79. The van der Waals surface area contributed by atoms with Gasteiger partial charge in [0, 0.05) is 6.08 Å². The Bertz CT molecular complexity index is 511. The van der Waals surface area contributed by atoms with Gasteiger partial charge in [-0.15, -0.1) is 4.91 Å². The Labute approximate surface area is 130 Å². The average molecular weight is 305 g/mol. The number of nitrogens with zero attached hydrogens (tertiary/aromatic N) is 1. The summed E-state index contributed by atoms with van der Waals surface area (Å²) in [5.74, 6) is -0.608. The van der Waals surface area contributed by atoms with Crippen LogP contribution in [0.25, 0.3) is 6.08 Å². The molecule has 0 fully saturated rings. The number of benzene rings is 1. The number of aliphatic carboxylic acids is 1. The molecule has 0 aliphatic carbocycles. The van der Waals surface area contributed by atoms with E-state index in [0.29, 0.717) is 5.75 Å². The predicted molar refractivity (Wildman–Crippen MR) is 86.6 cm³/mol. The maximum atomic E-state index is 10.6. The highest BCUT2D eigenvalue weighted by Gasteiger charge is 2.04. The predicted octanol–water partition coefficient (Wildman–Crippen LogP) is 4.75. The highest BCUT2D eigenvalue weighted by molar-refractivity contribution is 5.85. The molecule has 0 saturated carbocycles. The van der Waals surface area contributed by atoms with Crippen LogP contribution in [0.4, 0.5) is 0 Å². The molecule has 1 N–H and O–H groups in total. The number of hydrogen-bond acceptors (Lipinski definition) is 4. The van der Waals surface area contributed by atoms with E-state index >= 15 is 0 Å². The molecule has 0 amide bonds. The van der Waals surface area contributed by atoms with Crippen molar-refractivity contribution in [3.63, 3.8) is 0 Å². The van der Waals surface area contributed by atoms with E-state index in [4.69, 9.17) is 5.11 Å². The Morgan fingerprint density at radius 1 is 1.23 bits per heavy atom. The molecule has 0 heterocycles. The quantitative estimate of drug-likeness (QED) is 0.277. The minimum atomic E-state index is -0.986. The molecule has 5 nitrogen and oxygen atoms in total. The monoisotopic (exact) mass is 305 g/mol. The van der Waals surface area contributed by atoms with E-state index in [1.165, 1.54) is 25.7 Å². The third-order valence-corrected chi connectivity index (χ3v) is 3.46. The van der Waals surface area contributed by atoms with Crippen LogP contribution in [0.1, 0.15) is 56.6 Å². The molecule has 0 atom stereocenters. The standard InChI is InChI=1S/C17H23NO4/c1-2-3-4-5-6-7-8-15-13-16(22-18-21)11-9-14(15)10-12-17(19)20/h9-13H,2-8H2,1H3,(H,19,20)/b12-10+. The van der Waals surface area contributed by atoms with Gasteiger partial charge >= 0.3 is 5.97 Å². The van der Waals surface area contributed by atoms with Crippen LogP contribution < -0.4 is 4.84 Å². The van der Waals surface area contributed by atoms with Gasteiger partial charge in [0.05, 0.1) is 0 Å². The van der Waals surface area contributed by atoms with Crippen molar-refractivity contribution in [3.05, 3.63) is 40.3 Å².